The smallest absolute Gasteiger partial charge is 0.123 e. The molecule has 0 amide bonds. The number of hydrogen-bond donors (Lipinski definition) is 4. The highest BCUT2D eigenvalue weighted by atomic mass is 15.2. The molecule has 1 unspecified atom stereocenters. The number of aromatic amines is 1. The third-order valence-electron chi connectivity index (χ3n) is 3.12. The van der Waals surface area contributed by atoms with Gasteiger partial charge in [0.1, 0.15) is 5.82 Å². The van der Waals surface area contributed by atoms with E-state index >= 15 is 0 Å². The first-order valence-corrected chi connectivity index (χ1v) is 5.76. The molecule has 16 heavy (non-hydrogen) atoms. The minimum atomic E-state index is -0.00292. The van der Waals surface area contributed by atoms with Crippen LogP contribution in [0.3, 0.4) is 0 Å². The number of nitrogens with zero attached hydrogens (tertiary/aromatic N) is 1. The molecule has 0 saturated carbocycles. The molecular weight excluding hydrogens is 202 g/mol. The summed E-state index contributed by atoms with van der Waals surface area (Å²) in [6.45, 7) is 0. The van der Waals surface area contributed by atoms with Crippen molar-refractivity contribution in [3.8, 4) is 0 Å². The minimum Gasteiger partial charge on any atom is -0.384 e. The van der Waals surface area contributed by atoms with E-state index in [9.17, 15) is 0 Å². The van der Waals surface area contributed by atoms with Crippen molar-refractivity contribution in [1.82, 2.24) is 15.6 Å². The van der Waals surface area contributed by atoms with Gasteiger partial charge in [0.2, 0.25) is 0 Å². The van der Waals surface area contributed by atoms with Crippen molar-refractivity contribution >= 4 is 5.82 Å². The molecular formula is C11H19N5. The Kier molecular flexibility index (Phi) is 3.58. The van der Waals surface area contributed by atoms with Gasteiger partial charge < -0.3 is 5.73 Å². The Balaban J connectivity index is 2.21. The second-order valence-corrected chi connectivity index (χ2v) is 4.22. The quantitative estimate of drug-likeness (QED) is 0.352. The molecule has 5 heteroatoms. The summed E-state index contributed by atoms with van der Waals surface area (Å²) >= 11 is 0. The Morgan fingerprint density at radius 2 is 2.25 bits per heavy atom. The summed E-state index contributed by atoms with van der Waals surface area (Å²) in [5.74, 6) is 6.22. The lowest BCUT2D eigenvalue weighted by Crippen LogP contribution is -2.29. The molecule has 1 aromatic heterocycles. The predicted molar refractivity (Wildman–Crippen MR) is 64.2 cm³/mol. The summed E-state index contributed by atoms with van der Waals surface area (Å²) < 4.78 is 0. The van der Waals surface area contributed by atoms with Crippen LogP contribution in [-0.4, -0.2) is 10.2 Å². The molecule has 5 nitrogen and oxygen atoms in total. The molecule has 1 heterocycles. The van der Waals surface area contributed by atoms with E-state index in [1.807, 2.05) is 0 Å². The fourth-order valence-corrected chi connectivity index (χ4v) is 2.23. The normalized spacial score (nSPS) is 18.9. The number of rotatable bonds is 3. The van der Waals surface area contributed by atoms with Crippen molar-refractivity contribution in [3.05, 3.63) is 23.4 Å². The zero-order valence-corrected chi connectivity index (χ0v) is 9.37. The van der Waals surface area contributed by atoms with E-state index in [0.717, 1.165) is 18.4 Å². The fourth-order valence-electron chi connectivity index (χ4n) is 2.23. The van der Waals surface area contributed by atoms with Crippen LogP contribution in [0.25, 0.3) is 0 Å². The summed E-state index contributed by atoms with van der Waals surface area (Å²) in [5, 5.41) is 6.68. The maximum absolute atomic E-state index is 5.82. The molecule has 1 aromatic rings. The van der Waals surface area contributed by atoms with E-state index < -0.39 is 0 Å². The largest absolute Gasteiger partial charge is 0.384 e. The molecule has 6 N–H and O–H groups in total. The summed E-state index contributed by atoms with van der Waals surface area (Å²) in [5.41, 5.74) is 10.9. The molecule has 0 aliphatic heterocycles. The number of nitrogens with one attached hydrogen (secondary N) is 2. The molecule has 0 bridgehead atoms. The molecule has 0 fully saturated rings. The van der Waals surface area contributed by atoms with Crippen LogP contribution in [0.2, 0.25) is 0 Å². The van der Waals surface area contributed by atoms with E-state index in [2.05, 4.69) is 21.7 Å². The molecule has 1 atom stereocenters. The highest BCUT2D eigenvalue weighted by molar-refractivity contribution is 5.43. The predicted octanol–water partition coefficient (Wildman–Crippen LogP) is 1.39. The standard InChI is InChI=1S/C11H19N5/c12-11-9(7-14-16-11)10(15-13)8-5-3-1-2-4-6-8/h5,7,10,15H,1-4,6,13H2,(H3,12,14,16). The topological polar surface area (TPSA) is 92.7 Å². The van der Waals surface area contributed by atoms with Gasteiger partial charge in [-0.2, -0.15) is 5.10 Å². The number of allylic oxidation sites excluding steroid dienone is 1. The number of hydrazine groups is 1. The van der Waals surface area contributed by atoms with E-state index in [-0.39, 0.29) is 6.04 Å². The molecule has 0 aromatic carbocycles. The zero-order valence-electron chi connectivity index (χ0n) is 9.37. The Hall–Kier alpha value is -1.33. The maximum atomic E-state index is 5.82. The second kappa shape index (κ2) is 5.14. The van der Waals surface area contributed by atoms with Gasteiger partial charge in [0, 0.05) is 5.56 Å². The van der Waals surface area contributed by atoms with E-state index in [1.165, 1.54) is 24.8 Å². The lowest BCUT2D eigenvalue weighted by molar-refractivity contribution is 0.594. The number of nitrogen functional groups attached to an aromatic ring is 1. The highest BCUT2D eigenvalue weighted by Crippen LogP contribution is 2.30. The first-order valence-electron chi connectivity index (χ1n) is 5.76. The van der Waals surface area contributed by atoms with Gasteiger partial charge in [0.05, 0.1) is 12.2 Å². The fraction of sp³-hybridized carbons (Fsp3) is 0.545. The van der Waals surface area contributed by atoms with E-state index in [4.69, 9.17) is 11.6 Å². The van der Waals surface area contributed by atoms with Crippen molar-refractivity contribution in [2.24, 2.45) is 5.84 Å². The van der Waals surface area contributed by atoms with Gasteiger partial charge in [-0.3, -0.25) is 10.9 Å². The third-order valence-corrected chi connectivity index (χ3v) is 3.12. The van der Waals surface area contributed by atoms with Crippen LogP contribution in [0, 0.1) is 0 Å². The summed E-state index contributed by atoms with van der Waals surface area (Å²) in [4.78, 5) is 0. The van der Waals surface area contributed by atoms with Crippen molar-refractivity contribution < 1.29 is 0 Å². The highest BCUT2D eigenvalue weighted by Gasteiger charge is 2.19. The maximum Gasteiger partial charge on any atom is 0.123 e. The summed E-state index contributed by atoms with van der Waals surface area (Å²) in [6.07, 6.45) is 10.0. The van der Waals surface area contributed by atoms with Gasteiger partial charge in [-0.25, -0.2) is 5.43 Å². The van der Waals surface area contributed by atoms with E-state index in [1.54, 1.807) is 6.20 Å². The minimum absolute atomic E-state index is 0.00292. The van der Waals surface area contributed by atoms with Gasteiger partial charge in [-0.1, -0.05) is 18.1 Å². The van der Waals surface area contributed by atoms with E-state index in [0.29, 0.717) is 5.82 Å². The Morgan fingerprint density at radius 1 is 1.38 bits per heavy atom. The van der Waals surface area contributed by atoms with Gasteiger partial charge in [0.15, 0.2) is 0 Å². The lowest BCUT2D eigenvalue weighted by atomic mass is 9.97. The Labute approximate surface area is 95.3 Å². The van der Waals surface area contributed by atoms with Crippen LogP contribution < -0.4 is 17.0 Å². The molecule has 0 saturated heterocycles. The van der Waals surface area contributed by atoms with Gasteiger partial charge >= 0.3 is 0 Å². The van der Waals surface area contributed by atoms with Crippen LogP contribution in [0.15, 0.2) is 17.8 Å². The Bertz CT molecular complexity index is 368. The molecule has 2 rings (SSSR count). The van der Waals surface area contributed by atoms with Crippen LogP contribution in [-0.2, 0) is 0 Å². The molecule has 1 aliphatic carbocycles. The second-order valence-electron chi connectivity index (χ2n) is 4.22. The van der Waals surface area contributed by atoms with Gasteiger partial charge in [-0.15, -0.1) is 0 Å². The Morgan fingerprint density at radius 3 is 2.94 bits per heavy atom. The number of anilines is 1. The number of nitrogens with two attached hydrogens (primary N) is 2. The average Bonchev–Trinajstić information content (AvgIpc) is 2.57. The van der Waals surface area contributed by atoms with Gasteiger partial charge in [-0.05, 0) is 25.7 Å². The average molecular weight is 221 g/mol. The molecule has 0 spiro atoms. The summed E-state index contributed by atoms with van der Waals surface area (Å²) in [6, 6.07) is -0.00292. The molecule has 0 radical (unpaired) electrons. The number of aromatic nitrogens is 2. The third kappa shape index (κ3) is 2.25. The van der Waals surface area contributed by atoms with Crippen molar-refractivity contribution in [1.29, 1.82) is 0 Å². The zero-order chi connectivity index (χ0) is 11.4. The van der Waals surface area contributed by atoms with Crippen LogP contribution >= 0.6 is 0 Å². The van der Waals surface area contributed by atoms with Crippen LogP contribution in [0.1, 0.15) is 43.7 Å². The van der Waals surface area contributed by atoms with Crippen molar-refractivity contribution in [2.75, 3.05) is 5.73 Å². The van der Waals surface area contributed by atoms with Crippen molar-refractivity contribution in [3.63, 3.8) is 0 Å². The number of H-pyrrole nitrogens is 1. The first kappa shape index (κ1) is 11.2. The molecule has 88 valence electrons. The first-order chi connectivity index (χ1) is 7.83. The monoisotopic (exact) mass is 221 g/mol. The summed E-state index contributed by atoms with van der Waals surface area (Å²) in [7, 11) is 0. The van der Waals surface area contributed by atoms with Crippen molar-refractivity contribution in [2.45, 2.75) is 38.1 Å². The number of hydrogen-bond acceptors (Lipinski definition) is 4. The molecule has 1 aliphatic rings. The SMILES string of the molecule is NNC(C1=CCCCCC1)c1cn[nH]c1N. The lowest BCUT2D eigenvalue weighted by Gasteiger charge is -2.18. The van der Waals surface area contributed by atoms with Crippen LogP contribution in [0.4, 0.5) is 5.82 Å². The van der Waals surface area contributed by atoms with Crippen LogP contribution in [0.5, 0.6) is 0 Å². The van der Waals surface area contributed by atoms with Gasteiger partial charge in [0.25, 0.3) is 0 Å².